The van der Waals surface area contributed by atoms with Crippen LogP contribution in [0.3, 0.4) is 0 Å². The lowest BCUT2D eigenvalue weighted by atomic mass is 10.4. The molecule has 8 heteroatoms. The number of carbonyl (C=O) groups excluding carboxylic acids is 1. The molecule has 116 valence electrons. The van der Waals surface area contributed by atoms with Crippen molar-refractivity contribution in [3.63, 3.8) is 0 Å². The highest BCUT2D eigenvalue weighted by Gasteiger charge is 2.19. The molecule has 0 radical (unpaired) electrons. The van der Waals surface area contributed by atoms with E-state index in [0.29, 0.717) is 12.8 Å². The minimum Gasteiger partial charge on any atom is -0.462 e. The molecule has 0 aliphatic heterocycles. The summed E-state index contributed by atoms with van der Waals surface area (Å²) in [6, 6.07) is 0. The van der Waals surface area contributed by atoms with Crippen LogP contribution in [0.15, 0.2) is 12.2 Å². The Bertz CT molecular complexity index is 352. The number of hydrogen-bond acceptors (Lipinski definition) is 6. The van der Waals surface area contributed by atoms with E-state index in [-0.39, 0.29) is 24.8 Å². The Labute approximate surface area is 115 Å². The van der Waals surface area contributed by atoms with Gasteiger partial charge in [0.2, 0.25) is 0 Å². The summed E-state index contributed by atoms with van der Waals surface area (Å²) in [6.45, 7) is 5.28. The summed E-state index contributed by atoms with van der Waals surface area (Å²) in [5, 5.41) is -0.506. The molecule has 0 rings (SSSR count). The molecule has 0 aromatic carbocycles. The highest BCUT2D eigenvalue weighted by Crippen LogP contribution is 2.07. The number of carbonyl (C=O) groups is 1. The fraction of sp³-hybridized carbons (Fsp3) is 0.727. The molecule has 5 N–H and O–H groups in total. The molecule has 0 aliphatic rings. The van der Waals surface area contributed by atoms with E-state index in [9.17, 15) is 13.2 Å². The van der Waals surface area contributed by atoms with E-state index in [0.717, 1.165) is 0 Å². The summed E-state index contributed by atoms with van der Waals surface area (Å²) in [4.78, 5) is 10.9. The molecule has 0 aromatic rings. The van der Waals surface area contributed by atoms with Crippen LogP contribution in [-0.4, -0.2) is 38.3 Å². The minimum absolute atomic E-state index is 0. The lowest BCUT2D eigenvalue weighted by Gasteiger charge is -2.10. The van der Waals surface area contributed by atoms with Gasteiger partial charge >= 0.3 is 5.97 Å². The molecule has 1 atom stereocenters. The van der Waals surface area contributed by atoms with Gasteiger partial charge in [-0.05, 0) is 20.3 Å². The quantitative estimate of drug-likeness (QED) is 0.307. The summed E-state index contributed by atoms with van der Waals surface area (Å²) >= 11 is 0. The zero-order valence-corrected chi connectivity index (χ0v) is 12.5. The summed E-state index contributed by atoms with van der Waals surface area (Å²) in [5.41, 5.74) is 0. The Hall–Kier alpha value is -0.960. The summed E-state index contributed by atoms with van der Waals surface area (Å²) in [5.74, 6) is -0.433. The normalized spacial score (nSPS) is 12.4. The molecule has 0 heterocycles. The SMILES string of the molecule is CC=CC(=O)OCCCOS(=O)(=O)C(C)CC.N.O. The van der Waals surface area contributed by atoms with Gasteiger partial charge in [-0.15, -0.1) is 0 Å². The van der Waals surface area contributed by atoms with E-state index in [1.165, 1.54) is 6.08 Å². The van der Waals surface area contributed by atoms with Gasteiger partial charge in [0, 0.05) is 12.5 Å². The Morgan fingerprint density at radius 1 is 1.32 bits per heavy atom. The van der Waals surface area contributed by atoms with Crippen molar-refractivity contribution in [2.45, 2.75) is 38.9 Å². The standard InChI is InChI=1S/C11H20O5S.H3N.H2O/c1-4-7-11(12)15-8-6-9-16-17(13,14)10(3)5-2;;/h4,7,10H,5-6,8-9H2,1-3H3;1H3;1H2. The molecule has 1 unspecified atom stereocenters. The van der Waals surface area contributed by atoms with Gasteiger partial charge in [0.25, 0.3) is 10.1 Å². The number of ether oxygens (including phenoxy) is 1. The first-order valence-electron chi connectivity index (χ1n) is 5.61. The number of allylic oxidation sites excluding steroid dienone is 1. The van der Waals surface area contributed by atoms with Crippen molar-refractivity contribution in [2.24, 2.45) is 0 Å². The smallest absolute Gasteiger partial charge is 0.330 e. The molecular formula is C11H25NO6S. The molecular weight excluding hydrogens is 274 g/mol. The highest BCUT2D eigenvalue weighted by molar-refractivity contribution is 7.87. The monoisotopic (exact) mass is 299 g/mol. The first-order chi connectivity index (χ1) is 7.94. The largest absolute Gasteiger partial charge is 0.462 e. The van der Waals surface area contributed by atoms with Gasteiger partial charge in [-0.3, -0.25) is 4.18 Å². The Morgan fingerprint density at radius 2 is 1.89 bits per heavy atom. The van der Waals surface area contributed by atoms with Crippen molar-refractivity contribution in [1.29, 1.82) is 0 Å². The predicted molar refractivity (Wildman–Crippen MR) is 73.7 cm³/mol. The predicted octanol–water partition coefficient (Wildman–Crippen LogP) is 0.978. The number of esters is 1. The maximum absolute atomic E-state index is 11.4. The van der Waals surface area contributed by atoms with Gasteiger partial charge in [-0.25, -0.2) is 4.79 Å². The average Bonchev–Trinajstić information content (AvgIpc) is 2.27. The molecule has 19 heavy (non-hydrogen) atoms. The number of hydrogen-bond donors (Lipinski definition) is 1. The summed E-state index contributed by atoms with van der Waals surface area (Å²) in [7, 11) is -3.48. The van der Waals surface area contributed by atoms with Crippen molar-refractivity contribution in [3.05, 3.63) is 12.2 Å². The van der Waals surface area contributed by atoms with Crippen molar-refractivity contribution in [1.82, 2.24) is 6.15 Å². The van der Waals surface area contributed by atoms with Crippen LogP contribution in [0, 0.1) is 0 Å². The molecule has 0 spiro atoms. The van der Waals surface area contributed by atoms with Crippen molar-refractivity contribution in [2.75, 3.05) is 13.2 Å². The molecule has 0 amide bonds. The second-order valence-electron chi connectivity index (χ2n) is 3.55. The van der Waals surface area contributed by atoms with E-state index < -0.39 is 21.3 Å². The van der Waals surface area contributed by atoms with E-state index in [1.807, 2.05) is 0 Å². The second kappa shape index (κ2) is 12.1. The van der Waals surface area contributed by atoms with Gasteiger partial charge in [-0.2, -0.15) is 8.42 Å². The van der Waals surface area contributed by atoms with Crippen molar-refractivity contribution in [3.8, 4) is 0 Å². The Balaban J connectivity index is -0.00000128. The van der Waals surface area contributed by atoms with Crippen LogP contribution in [0.4, 0.5) is 0 Å². The topological polar surface area (TPSA) is 136 Å². The Morgan fingerprint density at radius 3 is 2.37 bits per heavy atom. The molecule has 7 nitrogen and oxygen atoms in total. The maximum atomic E-state index is 11.4. The third-order valence-electron chi connectivity index (χ3n) is 2.15. The van der Waals surface area contributed by atoms with E-state index in [4.69, 9.17) is 8.92 Å². The maximum Gasteiger partial charge on any atom is 0.330 e. The zero-order chi connectivity index (χ0) is 13.3. The Kier molecular flexibility index (Phi) is 14.7. The van der Waals surface area contributed by atoms with Gasteiger partial charge < -0.3 is 16.4 Å². The third kappa shape index (κ3) is 10.6. The van der Waals surface area contributed by atoms with E-state index in [1.54, 1.807) is 26.8 Å². The molecule has 0 fully saturated rings. The van der Waals surface area contributed by atoms with Gasteiger partial charge in [0.1, 0.15) is 0 Å². The fourth-order valence-corrected chi connectivity index (χ4v) is 1.90. The highest BCUT2D eigenvalue weighted by atomic mass is 32.2. The van der Waals surface area contributed by atoms with Crippen molar-refractivity contribution < 1.29 is 27.6 Å². The molecule has 0 aromatic heterocycles. The third-order valence-corrected chi connectivity index (χ3v) is 3.97. The molecule has 0 saturated carbocycles. The lowest BCUT2D eigenvalue weighted by Crippen LogP contribution is -2.20. The first kappa shape index (κ1) is 23.2. The fourth-order valence-electron chi connectivity index (χ4n) is 0.911. The van der Waals surface area contributed by atoms with Crippen LogP contribution in [0.25, 0.3) is 0 Å². The van der Waals surface area contributed by atoms with Crippen LogP contribution >= 0.6 is 0 Å². The minimum atomic E-state index is -3.48. The average molecular weight is 299 g/mol. The summed E-state index contributed by atoms with van der Waals surface area (Å²) < 4.78 is 32.4. The van der Waals surface area contributed by atoms with Gasteiger partial charge in [0.15, 0.2) is 0 Å². The van der Waals surface area contributed by atoms with Crippen LogP contribution in [0.1, 0.15) is 33.6 Å². The molecule has 0 aliphatic carbocycles. The molecule has 0 bridgehead atoms. The zero-order valence-electron chi connectivity index (χ0n) is 11.7. The second-order valence-corrected chi connectivity index (χ2v) is 5.58. The van der Waals surface area contributed by atoms with Crippen LogP contribution < -0.4 is 6.15 Å². The number of rotatable bonds is 8. The van der Waals surface area contributed by atoms with Crippen LogP contribution in [0.5, 0.6) is 0 Å². The van der Waals surface area contributed by atoms with Gasteiger partial charge in [0.05, 0.1) is 18.5 Å². The van der Waals surface area contributed by atoms with Crippen LogP contribution in [-0.2, 0) is 23.8 Å². The lowest BCUT2D eigenvalue weighted by molar-refractivity contribution is -0.137. The van der Waals surface area contributed by atoms with Crippen molar-refractivity contribution >= 4 is 16.1 Å². The first-order valence-corrected chi connectivity index (χ1v) is 7.08. The van der Waals surface area contributed by atoms with Gasteiger partial charge in [-0.1, -0.05) is 13.0 Å². The summed E-state index contributed by atoms with van der Waals surface area (Å²) in [6.07, 6.45) is 3.75. The van der Waals surface area contributed by atoms with Crippen LogP contribution in [0.2, 0.25) is 0 Å². The van der Waals surface area contributed by atoms with E-state index >= 15 is 0 Å². The van der Waals surface area contributed by atoms with E-state index in [2.05, 4.69) is 0 Å². The molecule has 0 saturated heterocycles.